The van der Waals surface area contributed by atoms with E-state index < -0.39 is 5.91 Å². The first-order chi connectivity index (χ1) is 11.7. The van der Waals surface area contributed by atoms with Crippen LogP contribution >= 0.6 is 0 Å². The zero-order valence-electron chi connectivity index (χ0n) is 13.3. The van der Waals surface area contributed by atoms with Crippen molar-refractivity contribution in [1.29, 1.82) is 0 Å². The maximum absolute atomic E-state index is 11.2. The van der Waals surface area contributed by atoms with Crippen molar-refractivity contribution in [2.45, 2.75) is 31.3 Å². The zero-order chi connectivity index (χ0) is 16.5. The molecule has 1 saturated carbocycles. The number of carbonyl (C=O) groups excluding carboxylic acids is 1. The molecule has 0 aromatic carbocycles. The van der Waals surface area contributed by atoms with Crippen LogP contribution in [0.25, 0.3) is 0 Å². The van der Waals surface area contributed by atoms with Crippen molar-refractivity contribution in [3.05, 3.63) is 42.1 Å². The number of ether oxygens (including phenoxy) is 1. The Morgan fingerprint density at radius 2 is 2.04 bits per heavy atom. The van der Waals surface area contributed by atoms with Crippen LogP contribution in [-0.4, -0.2) is 40.1 Å². The normalized spacial score (nSPS) is 17.9. The molecule has 2 aromatic heterocycles. The minimum absolute atomic E-state index is 0.0650. The van der Waals surface area contributed by atoms with Gasteiger partial charge in [0, 0.05) is 29.9 Å². The summed E-state index contributed by atoms with van der Waals surface area (Å²) in [5.41, 5.74) is 6.59. The van der Waals surface area contributed by atoms with Crippen LogP contribution in [0.2, 0.25) is 0 Å². The van der Waals surface area contributed by atoms with Crippen LogP contribution < -0.4 is 15.4 Å². The van der Waals surface area contributed by atoms with Crippen molar-refractivity contribution in [2.24, 2.45) is 5.73 Å². The maximum Gasteiger partial charge on any atom is 0.267 e. The Morgan fingerprint density at radius 3 is 2.75 bits per heavy atom. The lowest BCUT2D eigenvalue weighted by Crippen LogP contribution is -2.54. The van der Waals surface area contributed by atoms with Crippen LogP contribution in [0, 0.1) is 0 Å². The smallest absolute Gasteiger partial charge is 0.267 e. The standard InChI is InChI=1S/C17H19N5O2/c18-17(23)15-6-12(4-5-19-15)24-13-8-22(9-13)16-7-14(20-10-21-16)11-2-1-3-11/h4-7,10-11,13H,1-3,8-9H2,(H2,18,23). The SMILES string of the molecule is NC(=O)c1cc(OC2CN(c3cc(C4CCC4)ncn3)C2)ccn1. The summed E-state index contributed by atoms with van der Waals surface area (Å²) in [5, 5.41) is 0. The molecule has 1 amide bonds. The van der Waals surface area contributed by atoms with E-state index >= 15 is 0 Å². The molecule has 1 aliphatic carbocycles. The maximum atomic E-state index is 11.2. The molecule has 1 saturated heterocycles. The molecule has 2 fully saturated rings. The lowest BCUT2D eigenvalue weighted by molar-refractivity contribution is 0.0994. The minimum Gasteiger partial charge on any atom is -0.487 e. The van der Waals surface area contributed by atoms with E-state index in [9.17, 15) is 4.79 Å². The molecule has 24 heavy (non-hydrogen) atoms. The lowest BCUT2D eigenvalue weighted by Gasteiger charge is -2.40. The van der Waals surface area contributed by atoms with E-state index in [1.165, 1.54) is 25.5 Å². The fraction of sp³-hybridized carbons (Fsp3) is 0.412. The zero-order valence-corrected chi connectivity index (χ0v) is 13.3. The minimum atomic E-state index is -0.555. The third-order valence-corrected chi connectivity index (χ3v) is 4.66. The number of carbonyl (C=O) groups is 1. The monoisotopic (exact) mass is 325 g/mol. The molecule has 124 valence electrons. The second-order valence-electron chi connectivity index (χ2n) is 6.31. The first kappa shape index (κ1) is 14.9. The average molecular weight is 325 g/mol. The van der Waals surface area contributed by atoms with Crippen molar-refractivity contribution < 1.29 is 9.53 Å². The van der Waals surface area contributed by atoms with E-state index in [1.54, 1.807) is 18.5 Å². The van der Waals surface area contributed by atoms with Gasteiger partial charge in [-0.2, -0.15) is 0 Å². The number of hydrogen-bond acceptors (Lipinski definition) is 6. The van der Waals surface area contributed by atoms with Crippen molar-refractivity contribution in [1.82, 2.24) is 15.0 Å². The Hall–Kier alpha value is -2.70. The van der Waals surface area contributed by atoms with Crippen molar-refractivity contribution in [2.75, 3.05) is 18.0 Å². The molecule has 0 bridgehead atoms. The third kappa shape index (κ3) is 2.89. The fourth-order valence-electron chi connectivity index (χ4n) is 2.97. The summed E-state index contributed by atoms with van der Waals surface area (Å²) in [7, 11) is 0. The highest BCUT2D eigenvalue weighted by Gasteiger charge is 2.31. The van der Waals surface area contributed by atoms with Crippen LogP contribution in [0.5, 0.6) is 5.75 Å². The number of amides is 1. The Morgan fingerprint density at radius 1 is 1.21 bits per heavy atom. The van der Waals surface area contributed by atoms with E-state index in [-0.39, 0.29) is 11.8 Å². The predicted octanol–water partition coefficient (Wildman–Crippen LogP) is 1.51. The van der Waals surface area contributed by atoms with Gasteiger partial charge in [-0.05, 0) is 18.9 Å². The number of primary amides is 1. The molecule has 3 heterocycles. The second kappa shape index (κ2) is 6.07. The van der Waals surface area contributed by atoms with Gasteiger partial charge >= 0.3 is 0 Å². The largest absolute Gasteiger partial charge is 0.487 e. The van der Waals surface area contributed by atoms with E-state index in [0.717, 1.165) is 24.6 Å². The molecule has 0 atom stereocenters. The first-order valence-corrected chi connectivity index (χ1v) is 8.18. The number of nitrogens with two attached hydrogens (primary N) is 1. The summed E-state index contributed by atoms with van der Waals surface area (Å²) in [5.74, 6) is 1.62. The molecular formula is C17H19N5O2. The van der Waals surface area contributed by atoms with Gasteiger partial charge in [0.15, 0.2) is 0 Å². The summed E-state index contributed by atoms with van der Waals surface area (Å²) in [6, 6.07) is 5.40. The molecule has 2 aromatic rings. The Kier molecular flexibility index (Phi) is 3.76. The van der Waals surface area contributed by atoms with E-state index in [4.69, 9.17) is 10.5 Å². The number of pyridine rings is 1. The Balaban J connectivity index is 1.36. The van der Waals surface area contributed by atoms with Gasteiger partial charge in [0.25, 0.3) is 5.91 Å². The highest BCUT2D eigenvalue weighted by Crippen LogP contribution is 2.36. The number of anilines is 1. The summed E-state index contributed by atoms with van der Waals surface area (Å²) in [4.78, 5) is 26.0. The summed E-state index contributed by atoms with van der Waals surface area (Å²) >= 11 is 0. The van der Waals surface area contributed by atoms with Crippen molar-refractivity contribution in [3.63, 3.8) is 0 Å². The van der Waals surface area contributed by atoms with Gasteiger partial charge in [0.1, 0.15) is 29.7 Å². The molecule has 4 rings (SSSR count). The van der Waals surface area contributed by atoms with E-state index in [0.29, 0.717) is 11.7 Å². The van der Waals surface area contributed by atoms with Crippen LogP contribution in [0.15, 0.2) is 30.7 Å². The van der Waals surface area contributed by atoms with E-state index in [1.807, 2.05) is 0 Å². The molecule has 7 heteroatoms. The Labute approximate surface area is 139 Å². The molecular weight excluding hydrogens is 306 g/mol. The molecule has 2 N–H and O–H groups in total. The van der Waals surface area contributed by atoms with Gasteiger partial charge < -0.3 is 15.4 Å². The molecule has 1 aliphatic heterocycles. The quantitative estimate of drug-likeness (QED) is 0.895. The van der Waals surface area contributed by atoms with Gasteiger partial charge in [-0.3, -0.25) is 9.78 Å². The fourth-order valence-corrected chi connectivity index (χ4v) is 2.97. The van der Waals surface area contributed by atoms with Gasteiger partial charge in [-0.1, -0.05) is 6.42 Å². The number of hydrogen-bond donors (Lipinski definition) is 1. The number of aromatic nitrogens is 3. The van der Waals surface area contributed by atoms with Crippen LogP contribution in [0.3, 0.4) is 0 Å². The molecule has 2 aliphatic rings. The van der Waals surface area contributed by atoms with Crippen molar-refractivity contribution >= 4 is 11.7 Å². The molecule has 0 radical (unpaired) electrons. The van der Waals surface area contributed by atoms with Crippen LogP contribution in [-0.2, 0) is 0 Å². The predicted molar refractivity (Wildman–Crippen MR) is 88.0 cm³/mol. The van der Waals surface area contributed by atoms with Gasteiger partial charge in [-0.25, -0.2) is 9.97 Å². The topological polar surface area (TPSA) is 94.2 Å². The van der Waals surface area contributed by atoms with Gasteiger partial charge in [-0.15, -0.1) is 0 Å². The molecule has 0 spiro atoms. The summed E-state index contributed by atoms with van der Waals surface area (Å²) < 4.78 is 5.87. The lowest BCUT2D eigenvalue weighted by atomic mass is 9.83. The summed E-state index contributed by atoms with van der Waals surface area (Å²) in [6.45, 7) is 1.52. The van der Waals surface area contributed by atoms with Crippen LogP contribution in [0.4, 0.5) is 5.82 Å². The highest BCUT2D eigenvalue weighted by molar-refractivity contribution is 5.91. The van der Waals surface area contributed by atoms with Crippen LogP contribution in [0.1, 0.15) is 41.4 Å². The van der Waals surface area contributed by atoms with Gasteiger partial charge in [0.2, 0.25) is 0 Å². The van der Waals surface area contributed by atoms with E-state index in [2.05, 4.69) is 25.9 Å². The highest BCUT2D eigenvalue weighted by atomic mass is 16.5. The average Bonchev–Trinajstić information content (AvgIpc) is 2.49. The molecule has 0 unspecified atom stereocenters. The molecule has 7 nitrogen and oxygen atoms in total. The number of nitrogens with zero attached hydrogens (tertiary/aromatic N) is 4. The Bertz CT molecular complexity index is 756. The van der Waals surface area contributed by atoms with Crippen molar-refractivity contribution in [3.8, 4) is 5.75 Å². The van der Waals surface area contributed by atoms with Gasteiger partial charge in [0.05, 0.1) is 13.1 Å². The number of rotatable bonds is 5. The second-order valence-corrected chi connectivity index (χ2v) is 6.31. The first-order valence-electron chi connectivity index (χ1n) is 8.18. The summed E-state index contributed by atoms with van der Waals surface area (Å²) in [6.07, 6.45) is 7.00. The third-order valence-electron chi connectivity index (χ3n) is 4.66.